The Morgan fingerprint density at radius 2 is 2.21 bits per heavy atom. The van der Waals surface area contributed by atoms with Gasteiger partial charge in [0.05, 0.1) is 0 Å². The quantitative estimate of drug-likeness (QED) is 0.709. The van der Waals surface area contributed by atoms with Crippen molar-refractivity contribution in [2.75, 3.05) is 0 Å². The number of benzene rings is 1. The Balaban J connectivity index is 2.57. The summed E-state index contributed by atoms with van der Waals surface area (Å²) in [7, 11) is 0. The smallest absolute Gasteiger partial charge is 0.219 e. The molecule has 0 fully saturated rings. The van der Waals surface area contributed by atoms with Crippen molar-refractivity contribution in [2.45, 2.75) is 13.8 Å². The van der Waals surface area contributed by atoms with Gasteiger partial charge in [-0.2, -0.15) is 0 Å². The summed E-state index contributed by atoms with van der Waals surface area (Å²) in [5.41, 5.74) is 2.72. The van der Waals surface area contributed by atoms with Gasteiger partial charge in [-0.05, 0) is 38.1 Å². The highest BCUT2D eigenvalue weighted by Gasteiger charge is 2.03. The van der Waals surface area contributed by atoms with E-state index in [1.54, 1.807) is 12.1 Å². The van der Waals surface area contributed by atoms with Crippen LogP contribution in [-0.4, -0.2) is 4.98 Å². The lowest BCUT2D eigenvalue weighted by Crippen LogP contribution is -1.71. The highest BCUT2D eigenvalue weighted by atomic mass is 35.5. The Labute approximate surface area is 87.2 Å². The summed E-state index contributed by atoms with van der Waals surface area (Å²) in [5.74, 6) is 0.627. The van der Waals surface area contributed by atoms with Crippen molar-refractivity contribution < 1.29 is 4.42 Å². The summed E-state index contributed by atoms with van der Waals surface area (Å²) in [6, 6.07) is 5.41. The molecule has 0 bridgehead atoms. The van der Waals surface area contributed by atoms with E-state index in [4.69, 9.17) is 16.0 Å². The molecule has 2 rings (SSSR count). The van der Waals surface area contributed by atoms with E-state index in [-0.39, 0.29) is 0 Å². The Bertz CT molecular complexity index is 495. The van der Waals surface area contributed by atoms with Crippen LogP contribution in [0.5, 0.6) is 0 Å². The SMILES string of the molecule is CC(C)=Cc1nc2cc(Cl)ccc2o1. The van der Waals surface area contributed by atoms with Crippen molar-refractivity contribution >= 4 is 28.8 Å². The van der Waals surface area contributed by atoms with Gasteiger partial charge in [-0.3, -0.25) is 0 Å². The van der Waals surface area contributed by atoms with Crippen molar-refractivity contribution in [3.05, 3.63) is 34.7 Å². The molecule has 72 valence electrons. The van der Waals surface area contributed by atoms with Crippen LogP contribution in [0.2, 0.25) is 5.02 Å². The van der Waals surface area contributed by atoms with Crippen molar-refractivity contribution in [3.8, 4) is 0 Å². The van der Waals surface area contributed by atoms with Gasteiger partial charge in [0.15, 0.2) is 5.58 Å². The third-order valence-electron chi connectivity index (χ3n) is 1.78. The maximum atomic E-state index is 5.84. The number of fused-ring (bicyclic) bond motifs is 1. The van der Waals surface area contributed by atoms with E-state index in [0.717, 1.165) is 16.7 Å². The molecule has 0 amide bonds. The number of nitrogens with zero attached hydrogens (tertiary/aromatic N) is 1. The van der Waals surface area contributed by atoms with Gasteiger partial charge in [0.1, 0.15) is 5.52 Å². The first-order valence-electron chi connectivity index (χ1n) is 4.36. The normalized spacial score (nSPS) is 10.5. The zero-order valence-corrected chi connectivity index (χ0v) is 8.80. The second kappa shape index (κ2) is 3.46. The molecule has 0 spiro atoms. The number of hydrogen-bond acceptors (Lipinski definition) is 2. The van der Waals surface area contributed by atoms with Crippen molar-refractivity contribution in [2.24, 2.45) is 0 Å². The van der Waals surface area contributed by atoms with E-state index in [1.165, 1.54) is 0 Å². The van der Waals surface area contributed by atoms with E-state index in [9.17, 15) is 0 Å². The molecule has 0 N–H and O–H groups in total. The Hall–Kier alpha value is -1.28. The molecule has 0 saturated carbocycles. The molecule has 2 nitrogen and oxygen atoms in total. The molecule has 2 aromatic rings. The van der Waals surface area contributed by atoms with Gasteiger partial charge in [0, 0.05) is 5.02 Å². The molecule has 3 heteroatoms. The third kappa shape index (κ3) is 1.80. The van der Waals surface area contributed by atoms with Crippen molar-refractivity contribution in [1.29, 1.82) is 0 Å². The summed E-state index contributed by atoms with van der Waals surface area (Å²) >= 11 is 5.84. The van der Waals surface area contributed by atoms with E-state index < -0.39 is 0 Å². The van der Waals surface area contributed by atoms with Gasteiger partial charge < -0.3 is 4.42 Å². The van der Waals surface area contributed by atoms with E-state index >= 15 is 0 Å². The monoisotopic (exact) mass is 207 g/mol. The molecular formula is C11H10ClNO. The fourth-order valence-corrected chi connectivity index (χ4v) is 1.39. The molecular weight excluding hydrogens is 198 g/mol. The fourth-order valence-electron chi connectivity index (χ4n) is 1.23. The Kier molecular flexibility index (Phi) is 2.30. The largest absolute Gasteiger partial charge is 0.437 e. The molecule has 0 unspecified atom stereocenters. The summed E-state index contributed by atoms with van der Waals surface area (Å²) in [4.78, 5) is 4.29. The van der Waals surface area contributed by atoms with Crippen LogP contribution in [-0.2, 0) is 0 Å². The van der Waals surface area contributed by atoms with Gasteiger partial charge in [0.2, 0.25) is 5.89 Å². The maximum absolute atomic E-state index is 5.84. The first kappa shape index (κ1) is 9.28. The molecule has 1 aromatic carbocycles. The maximum Gasteiger partial charge on any atom is 0.219 e. The van der Waals surface area contributed by atoms with Gasteiger partial charge in [-0.1, -0.05) is 17.2 Å². The van der Waals surface area contributed by atoms with Gasteiger partial charge in [0.25, 0.3) is 0 Å². The predicted octanol–water partition coefficient (Wildman–Crippen LogP) is 3.90. The number of hydrogen-bond donors (Lipinski definition) is 0. The topological polar surface area (TPSA) is 26.0 Å². The van der Waals surface area contributed by atoms with Crippen LogP contribution in [0, 0.1) is 0 Å². The Morgan fingerprint density at radius 1 is 1.43 bits per heavy atom. The highest BCUT2D eigenvalue weighted by Crippen LogP contribution is 2.20. The molecule has 1 aromatic heterocycles. The summed E-state index contributed by atoms with van der Waals surface area (Å²) in [6.45, 7) is 4.00. The van der Waals surface area contributed by atoms with Crippen LogP contribution >= 0.6 is 11.6 Å². The zero-order valence-electron chi connectivity index (χ0n) is 8.04. The average Bonchev–Trinajstić information content (AvgIpc) is 2.44. The average molecular weight is 208 g/mol. The zero-order chi connectivity index (χ0) is 10.1. The second-order valence-electron chi connectivity index (χ2n) is 3.39. The minimum absolute atomic E-state index is 0.627. The van der Waals surface area contributed by atoms with Crippen LogP contribution in [0.4, 0.5) is 0 Å². The minimum Gasteiger partial charge on any atom is -0.437 e. The number of oxazole rings is 1. The lowest BCUT2D eigenvalue weighted by Gasteiger charge is -1.85. The van der Waals surface area contributed by atoms with E-state index in [0.29, 0.717) is 10.9 Å². The molecule has 0 atom stereocenters. The van der Waals surface area contributed by atoms with Crippen molar-refractivity contribution in [1.82, 2.24) is 4.98 Å². The molecule has 1 heterocycles. The highest BCUT2D eigenvalue weighted by molar-refractivity contribution is 6.31. The molecule has 0 saturated heterocycles. The number of aromatic nitrogens is 1. The molecule has 0 aliphatic rings. The molecule has 14 heavy (non-hydrogen) atoms. The first-order chi connectivity index (χ1) is 6.65. The number of halogens is 1. The van der Waals surface area contributed by atoms with Crippen LogP contribution < -0.4 is 0 Å². The number of allylic oxidation sites excluding steroid dienone is 1. The second-order valence-corrected chi connectivity index (χ2v) is 3.82. The van der Waals surface area contributed by atoms with E-state index in [1.807, 2.05) is 26.0 Å². The lowest BCUT2D eigenvalue weighted by molar-refractivity contribution is 0.589. The molecule has 0 radical (unpaired) electrons. The summed E-state index contributed by atoms with van der Waals surface area (Å²) in [5, 5.41) is 0.676. The number of rotatable bonds is 1. The molecule has 0 aliphatic heterocycles. The van der Waals surface area contributed by atoms with Crippen LogP contribution in [0.15, 0.2) is 28.2 Å². The van der Waals surface area contributed by atoms with Gasteiger partial charge >= 0.3 is 0 Å². The predicted molar refractivity (Wildman–Crippen MR) is 58.3 cm³/mol. The standard InChI is InChI=1S/C11H10ClNO/c1-7(2)5-11-13-9-6-8(12)3-4-10(9)14-11/h3-6H,1-2H3. The first-order valence-corrected chi connectivity index (χ1v) is 4.74. The minimum atomic E-state index is 0.627. The van der Waals surface area contributed by atoms with Gasteiger partial charge in [-0.15, -0.1) is 0 Å². The van der Waals surface area contributed by atoms with E-state index in [2.05, 4.69) is 4.98 Å². The van der Waals surface area contributed by atoms with Crippen molar-refractivity contribution in [3.63, 3.8) is 0 Å². The third-order valence-corrected chi connectivity index (χ3v) is 2.01. The van der Waals surface area contributed by atoms with Gasteiger partial charge in [-0.25, -0.2) is 4.98 Å². The van der Waals surface area contributed by atoms with Crippen LogP contribution in [0.3, 0.4) is 0 Å². The molecule has 0 aliphatic carbocycles. The summed E-state index contributed by atoms with van der Waals surface area (Å²) in [6.07, 6.45) is 1.90. The van der Waals surface area contributed by atoms with Crippen LogP contribution in [0.25, 0.3) is 17.2 Å². The summed E-state index contributed by atoms with van der Waals surface area (Å²) < 4.78 is 5.49. The lowest BCUT2D eigenvalue weighted by atomic mass is 10.3. The fraction of sp³-hybridized carbons (Fsp3) is 0.182. The van der Waals surface area contributed by atoms with Crippen LogP contribution in [0.1, 0.15) is 19.7 Å². The Morgan fingerprint density at radius 3 is 2.93 bits per heavy atom.